The van der Waals surface area contributed by atoms with E-state index in [0.29, 0.717) is 11.8 Å². The van der Waals surface area contributed by atoms with E-state index < -0.39 is 11.0 Å². The van der Waals surface area contributed by atoms with Crippen molar-refractivity contribution >= 4 is 34.0 Å². The average molecular weight is 374 g/mol. The van der Waals surface area contributed by atoms with Gasteiger partial charge in [-0.1, -0.05) is 12.1 Å². The lowest BCUT2D eigenvalue weighted by Gasteiger charge is -2.62. The highest BCUT2D eigenvalue weighted by Crippen LogP contribution is 2.79. The Hall–Kier alpha value is -0.570. The van der Waals surface area contributed by atoms with E-state index in [9.17, 15) is 14.7 Å². The molecule has 7 heteroatoms. The smallest absolute Gasteiger partial charge is 0.269 e. The van der Waals surface area contributed by atoms with Crippen LogP contribution in [0.15, 0.2) is 24.3 Å². The van der Waals surface area contributed by atoms with Crippen LogP contribution in [-0.2, 0) is 9.98 Å². The molecule has 0 heterocycles. The van der Waals surface area contributed by atoms with E-state index >= 15 is 0 Å². The van der Waals surface area contributed by atoms with Crippen LogP contribution in [0.3, 0.4) is 0 Å². The molecular formula is C16H18Cl2NO3P. The fourth-order valence-electron chi connectivity index (χ4n) is 5.79. The Morgan fingerprint density at radius 1 is 1.09 bits per heavy atom. The third-order valence-corrected chi connectivity index (χ3v) is 10.1. The number of nitrogens with zero attached hydrogens (tertiary/aromatic N) is 1. The summed E-state index contributed by atoms with van der Waals surface area (Å²) in [4.78, 5) is 10.5. The molecule has 4 atom stereocenters. The molecule has 4 nitrogen and oxygen atoms in total. The van der Waals surface area contributed by atoms with Crippen LogP contribution in [0.25, 0.3) is 0 Å². The van der Waals surface area contributed by atoms with Crippen LogP contribution in [-0.4, -0.2) is 10.1 Å². The van der Waals surface area contributed by atoms with Gasteiger partial charge in [0.25, 0.3) is 11.5 Å². The Morgan fingerprint density at radius 3 is 2.13 bits per heavy atom. The Kier molecular flexibility index (Phi) is 3.44. The zero-order valence-corrected chi connectivity index (χ0v) is 15.0. The molecule has 1 aromatic rings. The molecule has 124 valence electrons. The summed E-state index contributed by atoms with van der Waals surface area (Å²) in [5.74, 6) is -2.19. The first-order chi connectivity index (χ1) is 10.7. The number of benzene rings is 1. The first-order valence-corrected chi connectivity index (χ1v) is 11.5. The third-order valence-electron chi connectivity index (χ3n) is 6.27. The van der Waals surface area contributed by atoms with Crippen LogP contribution in [0.4, 0.5) is 5.69 Å². The molecule has 0 aliphatic heterocycles. The van der Waals surface area contributed by atoms with Gasteiger partial charge >= 0.3 is 0 Å². The summed E-state index contributed by atoms with van der Waals surface area (Å²) in [6.07, 6.45) is 5.75. The lowest BCUT2D eigenvalue weighted by Crippen LogP contribution is -2.56. The Labute approximate surface area is 144 Å². The van der Waals surface area contributed by atoms with Crippen molar-refractivity contribution in [2.75, 3.05) is 0 Å². The van der Waals surface area contributed by atoms with Gasteiger partial charge in [0, 0.05) is 12.1 Å². The summed E-state index contributed by atoms with van der Waals surface area (Å²) in [5, 5.41) is 10.4. The summed E-state index contributed by atoms with van der Waals surface area (Å²) < 4.78 is 12.6. The van der Waals surface area contributed by atoms with E-state index in [4.69, 9.17) is 22.5 Å². The van der Waals surface area contributed by atoms with E-state index in [2.05, 4.69) is 0 Å². The van der Waals surface area contributed by atoms with Crippen LogP contribution in [0.2, 0.25) is 0 Å². The molecule has 0 aromatic heterocycles. The summed E-state index contributed by atoms with van der Waals surface area (Å²) >= 11 is 12.4. The zero-order valence-electron chi connectivity index (χ0n) is 12.6. The predicted octanol–water partition coefficient (Wildman–Crippen LogP) is 5.86. The molecule has 1 aromatic carbocycles. The number of nitro benzene ring substituents is 1. The summed E-state index contributed by atoms with van der Waals surface area (Å²) in [5.41, 5.74) is 1.15. The molecular weight excluding hydrogens is 356 g/mol. The van der Waals surface area contributed by atoms with Gasteiger partial charge in [-0.3, -0.25) is 14.7 Å². The fourth-order valence-corrected chi connectivity index (χ4v) is 8.41. The second kappa shape index (κ2) is 4.97. The molecule has 5 rings (SSSR count). The summed E-state index contributed by atoms with van der Waals surface area (Å²) in [6, 6.07) is 6.88. The predicted molar refractivity (Wildman–Crippen MR) is 91.5 cm³/mol. The highest BCUT2D eigenvalue weighted by atomic mass is 35.9. The highest BCUT2D eigenvalue weighted by Gasteiger charge is 2.63. The Balaban J connectivity index is 1.76. The molecule has 4 fully saturated rings. The lowest BCUT2D eigenvalue weighted by atomic mass is 9.47. The number of rotatable bonds is 3. The summed E-state index contributed by atoms with van der Waals surface area (Å²) in [7, 11) is 0. The third kappa shape index (κ3) is 2.37. The molecule has 4 aliphatic carbocycles. The molecule has 23 heavy (non-hydrogen) atoms. The van der Waals surface area contributed by atoms with E-state index in [0.717, 1.165) is 37.7 Å². The van der Waals surface area contributed by atoms with Crippen molar-refractivity contribution in [2.24, 2.45) is 11.8 Å². The first-order valence-electron chi connectivity index (χ1n) is 7.98. The molecule has 0 saturated heterocycles. The zero-order chi connectivity index (χ0) is 16.5. The lowest BCUT2D eigenvalue weighted by molar-refractivity contribution is -0.384. The van der Waals surface area contributed by atoms with Crippen molar-refractivity contribution < 1.29 is 9.49 Å². The molecule has 4 bridgehead atoms. The number of non-ortho nitro benzene ring substituents is 1. The van der Waals surface area contributed by atoms with Gasteiger partial charge < -0.3 is 0 Å². The standard InChI is InChI=1S/C16H18Cl2NO3P/c17-23(18,22)16-8-11-5-12(9-16)7-15(6-11,10-16)13-1-3-14(4-2-13)19(20)21/h1-4,11-12H,5-10H2/t11-,12+,15?,16?. The van der Waals surface area contributed by atoms with E-state index in [1.807, 2.05) is 12.1 Å². The summed E-state index contributed by atoms with van der Waals surface area (Å²) in [6.45, 7) is 0. The first kappa shape index (κ1) is 15.9. The molecule has 0 radical (unpaired) electrons. The van der Waals surface area contributed by atoms with Crippen molar-refractivity contribution in [3.8, 4) is 0 Å². The second-order valence-corrected chi connectivity index (χ2v) is 13.0. The van der Waals surface area contributed by atoms with Gasteiger partial charge in [0.2, 0.25) is 0 Å². The van der Waals surface area contributed by atoms with Crippen molar-refractivity contribution in [3.05, 3.63) is 39.9 Å². The SMILES string of the molecule is O=[N+]([O-])c1ccc(C23C[C@H]4C[C@@H](C2)CC(P(=O)(Cl)Cl)(C4)C3)cc1. The highest BCUT2D eigenvalue weighted by molar-refractivity contribution is 8.09. The van der Waals surface area contributed by atoms with Crippen LogP contribution in [0, 0.1) is 22.0 Å². The average Bonchev–Trinajstić information content (AvgIpc) is 2.45. The van der Waals surface area contributed by atoms with Gasteiger partial charge in [-0.2, -0.15) is 0 Å². The van der Waals surface area contributed by atoms with Gasteiger partial charge in [-0.15, -0.1) is 0 Å². The van der Waals surface area contributed by atoms with Crippen LogP contribution in [0.1, 0.15) is 44.1 Å². The quantitative estimate of drug-likeness (QED) is 0.378. The van der Waals surface area contributed by atoms with Gasteiger partial charge in [-0.05, 0) is 83.8 Å². The number of halogens is 2. The Bertz CT molecular complexity index is 701. The normalized spacial score (nSPS) is 38.7. The molecule has 0 N–H and O–H groups in total. The van der Waals surface area contributed by atoms with Gasteiger partial charge in [0.1, 0.15) is 0 Å². The minimum absolute atomic E-state index is 0.0708. The van der Waals surface area contributed by atoms with Crippen LogP contribution >= 0.6 is 28.3 Å². The fraction of sp³-hybridized carbons (Fsp3) is 0.625. The number of nitro groups is 1. The molecule has 4 saturated carbocycles. The maximum Gasteiger partial charge on any atom is 0.269 e. The van der Waals surface area contributed by atoms with Crippen molar-refractivity contribution in [1.29, 1.82) is 0 Å². The van der Waals surface area contributed by atoms with Crippen molar-refractivity contribution in [2.45, 2.75) is 49.1 Å². The van der Waals surface area contributed by atoms with Crippen molar-refractivity contribution in [3.63, 3.8) is 0 Å². The van der Waals surface area contributed by atoms with Crippen LogP contribution in [0.5, 0.6) is 0 Å². The number of hydrogen-bond donors (Lipinski definition) is 0. The van der Waals surface area contributed by atoms with E-state index in [1.165, 1.54) is 6.42 Å². The number of hydrogen-bond acceptors (Lipinski definition) is 3. The molecule has 0 amide bonds. The minimum atomic E-state index is -3.22. The monoisotopic (exact) mass is 373 g/mol. The Morgan fingerprint density at radius 2 is 1.65 bits per heavy atom. The van der Waals surface area contributed by atoms with Gasteiger partial charge in [0.05, 0.1) is 10.1 Å². The van der Waals surface area contributed by atoms with Crippen molar-refractivity contribution in [1.82, 2.24) is 0 Å². The van der Waals surface area contributed by atoms with E-state index in [-0.39, 0.29) is 16.0 Å². The van der Waals surface area contributed by atoms with Gasteiger partial charge in [-0.25, -0.2) is 0 Å². The van der Waals surface area contributed by atoms with Gasteiger partial charge in [0.15, 0.2) is 0 Å². The molecule has 2 unspecified atom stereocenters. The largest absolute Gasteiger partial charge is 0.289 e. The second-order valence-electron chi connectivity index (χ2n) is 7.73. The molecule has 4 aliphatic rings. The maximum absolute atomic E-state index is 12.6. The topological polar surface area (TPSA) is 60.2 Å². The maximum atomic E-state index is 12.6. The minimum Gasteiger partial charge on any atom is -0.289 e. The van der Waals surface area contributed by atoms with Crippen LogP contribution < -0.4 is 0 Å². The molecule has 0 spiro atoms. The van der Waals surface area contributed by atoms with E-state index in [1.54, 1.807) is 12.1 Å².